The van der Waals surface area contributed by atoms with Crippen molar-refractivity contribution in [3.05, 3.63) is 35.9 Å². The Kier molecular flexibility index (Phi) is 14.2. The third-order valence-electron chi connectivity index (χ3n) is 5.12. The zero-order valence-corrected chi connectivity index (χ0v) is 21.6. The third-order valence-corrected chi connectivity index (χ3v) is 5.43. The number of rotatable bonds is 13. The van der Waals surface area contributed by atoms with E-state index < -0.39 is 11.5 Å². The molecular weight excluding hydrogens is 485 g/mol. The molecule has 33 heavy (non-hydrogen) atoms. The Hall–Kier alpha value is -1.04. The molecule has 12 heteroatoms. The number of morpholine rings is 1. The van der Waals surface area contributed by atoms with E-state index in [1.807, 2.05) is 44.2 Å². The largest absolute Gasteiger partial charge is 0.464 e. The molecule has 0 amide bonds. The summed E-state index contributed by atoms with van der Waals surface area (Å²) >= 11 is 7.73. The molecule has 0 aliphatic carbocycles. The number of thiol groups is 1. The average molecular weight is 521 g/mol. The Bertz CT molecular complexity index is 781. The minimum atomic E-state index is -0.684. The Labute approximate surface area is 208 Å². The molecular formula is C21H33N3O6PS2+. The van der Waals surface area contributed by atoms with Gasteiger partial charge >= 0.3 is 29.6 Å². The van der Waals surface area contributed by atoms with Gasteiger partial charge in [-0.1, -0.05) is 30.3 Å². The van der Waals surface area contributed by atoms with Crippen molar-refractivity contribution in [2.24, 2.45) is 5.41 Å². The molecule has 1 aliphatic rings. The van der Waals surface area contributed by atoms with Crippen LogP contribution in [0.4, 0.5) is 0 Å². The first kappa shape index (κ1) is 28.2. The molecule has 2 rings (SSSR count). The fourth-order valence-electron chi connectivity index (χ4n) is 3.06. The quantitative estimate of drug-likeness (QED) is 0.155. The van der Waals surface area contributed by atoms with Crippen molar-refractivity contribution in [3.8, 4) is 0 Å². The number of carbonyl (C=O) groups excluding carboxylic acids is 2. The molecule has 9 nitrogen and oxygen atoms in total. The summed E-state index contributed by atoms with van der Waals surface area (Å²) in [6.07, 6.45) is 1.06. The first-order valence-electron chi connectivity index (χ1n) is 11.0. The van der Waals surface area contributed by atoms with E-state index in [-0.39, 0.29) is 31.5 Å². The zero-order valence-electron chi connectivity index (χ0n) is 20.0. The summed E-state index contributed by atoms with van der Waals surface area (Å²) in [5.41, 5.74) is 3.14. The van der Waals surface area contributed by atoms with Gasteiger partial charge < -0.3 is 9.47 Å². The van der Waals surface area contributed by atoms with Gasteiger partial charge in [-0.2, -0.15) is 0 Å². The van der Waals surface area contributed by atoms with E-state index in [4.69, 9.17) is 15.5 Å². The SMILES string of the molecule is O=[P+]=S.[3H]ON(CCOC(=O)C(C)(C)CCN1CCOCC1)NC(Cc1ccccc1)C(=O)S. The van der Waals surface area contributed by atoms with E-state index in [1.165, 1.54) is 0 Å². The maximum atomic E-state index is 12.5. The smallest absolute Gasteiger partial charge is 0.311 e. The number of nitrogens with zero attached hydrogens (tertiary/aromatic N) is 2. The molecule has 1 atom stereocenters. The summed E-state index contributed by atoms with van der Waals surface area (Å²) in [6.45, 7) is 7.83. The number of hydrogen-bond donors (Lipinski definition) is 3. The molecule has 1 heterocycles. The van der Waals surface area contributed by atoms with Crippen LogP contribution in [0.1, 0.15) is 25.8 Å². The molecule has 0 aromatic heterocycles. The fraction of sp³-hybridized carbons (Fsp3) is 0.619. The van der Waals surface area contributed by atoms with E-state index in [9.17, 15) is 9.59 Å². The molecule has 1 unspecified atom stereocenters. The van der Waals surface area contributed by atoms with Crippen molar-refractivity contribution in [2.45, 2.75) is 32.7 Å². The molecule has 1 fully saturated rings. The summed E-state index contributed by atoms with van der Waals surface area (Å²) < 4.78 is 26.7. The predicted molar refractivity (Wildman–Crippen MR) is 131 cm³/mol. The van der Waals surface area contributed by atoms with E-state index >= 15 is 0 Å². The second-order valence-electron chi connectivity index (χ2n) is 8.11. The van der Waals surface area contributed by atoms with Crippen molar-refractivity contribution in [1.82, 2.24) is 15.5 Å². The van der Waals surface area contributed by atoms with E-state index in [1.54, 1.807) is 0 Å². The van der Waals surface area contributed by atoms with Gasteiger partial charge in [0.1, 0.15) is 6.61 Å². The van der Waals surface area contributed by atoms with Crippen molar-refractivity contribution >= 4 is 42.8 Å². The molecule has 0 spiro atoms. The van der Waals surface area contributed by atoms with Crippen LogP contribution in [0.25, 0.3) is 0 Å². The van der Waals surface area contributed by atoms with E-state index in [2.05, 4.69) is 40.0 Å². The topological polar surface area (TPSA) is 108 Å². The van der Waals surface area contributed by atoms with Crippen LogP contribution in [0, 0.1) is 5.41 Å². The average Bonchev–Trinajstić information content (AvgIpc) is 2.83. The van der Waals surface area contributed by atoms with Crippen LogP contribution in [0.2, 0.25) is 1.43 Å². The van der Waals surface area contributed by atoms with Crippen LogP contribution >= 0.6 is 19.9 Å². The van der Waals surface area contributed by atoms with Crippen molar-refractivity contribution in [1.29, 1.82) is 0 Å². The van der Waals surface area contributed by atoms with Gasteiger partial charge in [-0.15, -0.1) is 17.8 Å². The summed E-state index contributed by atoms with van der Waals surface area (Å²) in [5, 5.41) is 5.22. The van der Waals surface area contributed by atoms with Gasteiger partial charge in [0.05, 0.1) is 31.2 Å². The minimum absolute atomic E-state index is 0.0184. The number of nitrogens with one attached hydrogen (secondary N) is 1. The van der Waals surface area contributed by atoms with Gasteiger partial charge in [0.15, 0.2) is 0 Å². The molecule has 1 saturated heterocycles. The molecule has 1 aromatic rings. The van der Waals surface area contributed by atoms with Crippen molar-refractivity contribution in [3.63, 3.8) is 0 Å². The fourth-order valence-corrected chi connectivity index (χ4v) is 3.21. The summed E-state index contributed by atoms with van der Waals surface area (Å²) in [4.78, 5) is 26.7. The molecule has 2 N–H and O–H groups in total. The number of hydrazine groups is 1. The van der Waals surface area contributed by atoms with Gasteiger partial charge in [0, 0.05) is 13.1 Å². The van der Waals surface area contributed by atoms with Crippen LogP contribution < -0.4 is 5.43 Å². The van der Waals surface area contributed by atoms with Gasteiger partial charge in [0.25, 0.3) is 0 Å². The molecule has 184 valence electrons. The number of carbonyl (C=O) groups is 2. The molecule has 1 aliphatic heterocycles. The molecule has 1 aromatic carbocycles. The van der Waals surface area contributed by atoms with Crippen LogP contribution in [0.15, 0.2) is 30.3 Å². The normalized spacial score (nSPS) is 15.7. The van der Waals surface area contributed by atoms with E-state index in [0.29, 0.717) is 12.8 Å². The first-order valence-corrected chi connectivity index (χ1v) is 12.9. The Morgan fingerprint density at radius 3 is 2.61 bits per heavy atom. The number of benzene rings is 1. The number of esters is 1. The van der Waals surface area contributed by atoms with Gasteiger partial charge in [0.2, 0.25) is 6.55 Å². The van der Waals surface area contributed by atoms with Gasteiger partial charge in [-0.05, 0) is 38.8 Å². The Balaban J connectivity index is 0.00000182. The maximum absolute atomic E-state index is 12.5. The Morgan fingerprint density at radius 1 is 1.39 bits per heavy atom. The molecule has 0 bridgehead atoms. The second-order valence-corrected chi connectivity index (χ2v) is 9.15. The van der Waals surface area contributed by atoms with Crippen LogP contribution in [-0.4, -0.2) is 78.4 Å². The minimum Gasteiger partial charge on any atom is -0.464 e. The summed E-state index contributed by atoms with van der Waals surface area (Å²) in [5.74, 6) is -0.309. The number of ether oxygens (including phenoxy) is 2. The second kappa shape index (κ2) is 16.6. The summed E-state index contributed by atoms with van der Waals surface area (Å²) in [6, 6.07) is 8.78. The number of hydroxylamine groups is 1. The number of hydrogen-bond acceptors (Lipinski definition) is 10. The van der Waals surface area contributed by atoms with E-state index in [0.717, 1.165) is 43.6 Å². The monoisotopic (exact) mass is 520 g/mol. The first-order chi connectivity index (χ1) is 16.2. The predicted octanol–water partition coefficient (Wildman–Crippen LogP) is 2.28. The van der Waals surface area contributed by atoms with Crippen LogP contribution in [0.5, 0.6) is 0 Å². The molecule has 0 radical (unpaired) electrons. The standard InChI is InChI=1S/C21H33N3O5S.OPS/c1-21(2,8-9-23-10-13-28-14-11-23)20(26)29-15-12-24(27)22-18(19(25)30)16-17-6-4-3-5-7-17;1-2-3/h3-7,18,22,27H,8-16H2,1-2H3,(H,25,30);/q;+1/i27T;. The van der Waals surface area contributed by atoms with Gasteiger partial charge in [-0.3, -0.25) is 19.7 Å². The van der Waals surface area contributed by atoms with Crippen molar-refractivity contribution in [2.75, 3.05) is 46.0 Å². The zero-order chi connectivity index (χ0) is 25.4. The van der Waals surface area contributed by atoms with Crippen molar-refractivity contribution < 1.29 is 30.3 Å². The molecule has 0 saturated carbocycles. The maximum Gasteiger partial charge on any atom is 0.311 e. The Morgan fingerprint density at radius 2 is 2.03 bits per heavy atom. The third kappa shape index (κ3) is 12.8. The summed E-state index contributed by atoms with van der Waals surface area (Å²) in [7, 11) is -0.250. The van der Waals surface area contributed by atoms with Gasteiger partial charge in [-0.25, -0.2) is 5.43 Å². The van der Waals surface area contributed by atoms with Crippen LogP contribution in [-0.2, 0) is 41.9 Å². The van der Waals surface area contributed by atoms with Crippen LogP contribution in [0.3, 0.4) is 0 Å².